The molecule has 1 heterocycles. The largest absolute Gasteiger partial charge is 1.00 e. The molecule has 0 radical (unpaired) electrons. The number of thioether (sulfide) groups is 1. The first-order valence-electron chi connectivity index (χ1n) is 5.37. The minimum Gasteiger partial charge on any atom is -1.00 e. The quantitative estimate of drug-likeness (QED) is 0.660. The first kappa shape index (κ1) is 12.9. The lowest BCUT2D eigenvalue weighted by molar-refractivity contribution is -0.884. The fourth-order valence-electron chi connectivity index (χ4n) is 1.89. The van der Waals surface area contributed by atoms with Gasteiger partial charge in [0.05, 0.1) is 20.1 Å². The topological polar surface area (TPSA) is 4.44 Å². The van der Waals surface area contributed by atoms with Crippen molar-refractivity contribution in [1.29, 1.82) is 0 Å². The zero-order valence-corrected chi connectivity index (χ0v) is 10.7. The average Bonchev–Trinajstić information content (AvgIpc) is 2.23. The molecule has 0 aromatic heterocycles. The SMILES string of the molecule is C[NH+]1CCC(Sc2ccccc2)CC1.[Cl-]. The van der Waals surface area contributed by atoms with Gasteiger partial charge in [0.2, 0.25) is 0 Å². The number of hydrogen-bond donors (Lipinski definition) is 1. The van der Waals surface area contributed by atoms with Gasteiger partial charge in [-0.25, -0.2) is 0 Å². The van der Waals surface area contributed by atoms with Gasteiger partial charge in [0.15, 0.2) is 0 Å². The molecule has 1 fully saturated rings. The van der Waals surface area contributed by atoms with Gasteiger partial charge in [-0.2, -0.15) is 0 Å². The van der Waals surface area contributed by atoms with Gasteiger partial charge in [-0.05, 0) is 12.1 Å². The van der Waals surface area contributed by atoms with Crippen LogP contribution in [0.4, 0.5) is 0 Å². The van der Waals surface area contributed by atoms with Crippen molar-refractivity contribution in [3.05, 3.63) is 30.3 Å². The Kier molecular flexibility index (Phi) is 5.51. The van der Waals surface area contributed by atoms with Crippen LogP contribution in [0.15, 0.2) is 35.2 Å². The molecule has 0 bridgehead atoms. The van der Waals surface area contributed by atoms with Crippen molar-refractivity contribution < 1.29 is 17.3 Å². The van der Waals surface area contributed by atoms with Gasteiger partial charge in [-0.1, -0.05) is 18.2 Å². The molecule has 2 rings (SSSR count). The summed E-state index contributed by atoms with van der Waals surface area (Å²) in [7, 11) is 2.30. The van der Waals surface area contributed by atoms with E-state index >= 15 is 0 Å². The van der Waals surface area contributed by atoms with Crippen molar-refractivity contribution in [2.24, 2.45) is 0 Å². The van der Waals surface area contributed by atoms with Crippen LogP contribution in [0.2, 0.25) is 0 Å². The Morgan fingerprint density at radius 1 is 1.13 bits per heavy atom. The molecule has 1 N–H and O–H groups in total. The fourth-order valence-corrected chi connectivity index (χ4v) is 3.06. The van der Waals surface area contributed by atoms with E-state index in [-0.39, 0.29) is 12.4 Å². The van der Waals surface area contributed by atoms with Gasteiger partial charge < -0.3 is 17.3 Å². The molecule has 0 saturated carbocycles. The van der Waals surface area contributed by atoms with Crippen LogP contribution >= 0.6 is 11.8 Å². The lowest BCUT2D eigenvalue weighted by atomic mass is 10.1. The van der Waals surface area contributed by atoms with E-state index in [0.717, 1.165) is 5.25 Å². The molecule has 3 heteroatoms. The van der Waals surface area contributed by atoms with E-state index in [9.17, 15) is 0 Å². The Balaban J connectivity index is 0.00000112. The monoisotopic (exact) mass is 243 g/mol. The Bertz CT molecular complexity index is 270. The molecular weight excluding hydrogens is 226 g/mol. The number of halogens is 1. The summed E-state index contributed by atoms with van der Waals surface area (Å²) < 4.78 is 0. The van der Waals surface area contributed by atoms with Gasteiger partial charge in [0.25, 0.3) is 0 Å². The van der Waals surface area contributed by atoms with E-state index in [1.807, 2.05) is 0 Å². The van der Waals surface area contributed by atoms with Gasteiger partial charge in [0.1, 0.15) is 0 Å². The summed E-state index contributed by atoms with van der Waals surface area (Å²) in [6.07, 6.45) is 2.73. The van der Waals surface area contributed by atoms with Crippen LogP contribution in [0.1, 0.15) is 12.8 Å². The van der Waals surface area contributed by atoms with Gasteiger partial charge in [-0.15, -0.1) is 11.8 Å². The summed E-state index contributed by atoms with van der Waals surface area (Å²) >= 11 is 2.05. The number of rotatable bonds is 2. The number of benzene rings is 1. The van der Waals surface area contributed by atoms with E-state index in [0.29, 0.717) is 0 Å². The Labute approximate surface area is 103 Å². The second-order valence-corrected chi connectivity index (χ2v) is 5.46. The molecule has 1 aromatic rings. The van der Waals surface area contributed by atoms with Gasteiger partial charge in [-0.3, -0.25) is 0 Å². The van der Waals surface area contributed by atoms with Gasteiger partial charge >= 0.3 is 0 Å². The van der Waals surface area contributed by atoms with Crippen molar-refractivity contribution in [1.82, 2.24) is 0 Å². The molecule has 1 aliphatic rings. The van der Waals surface area contributed by atoms with E-state index in [1.54, 1.807) is 4.90 Å². The highest BCUT2D eigenvalue weighted by molar-refractivity contribution is 8.00. The minimum absolute atomic E-state index is 0. The Morgan fingerprint density at radius 3 is 2.33 bits per heavy atom. The third kappa shape index (κ3) is 4.06. The van der Waals surface area contributed by atoms with Crippen molar-refractivity contribution >= 4 is 11.8 Å². The van der Waals surface area contributed by atoms with E-state index in [4.69, 9.17) is 0 Å². The third-order valence-corrected chi connectivity index (χ3v) is 4.18. The van der Waals surface area contributed by atoms with Crippen LogP contribution in [-0.2, 0) is 0 Å². The predicted molar refractivity (Wildman–Crippen MR) is 61.9 cm³/mol. The molecule has 1 aliphatic heterocycles. The Morgan fingerprint density at radius 2 is 1.73 bits per heavy atom. The highest BCUT2D eigenvalue weighted by Gasteiger charge is 2.19. The summed E-state index contributed by atoms with van der Waals surface area (Å²) in [5.41, 5.74) is 0. The Hall–Kier alpha value is -0.180. The minimum atomic E-state index is 0. The maximum Gasteiger partial charge on any atom is 0.0779 e. The average molecular weight is 244 g/mol. The summed E-state index contributed by atoms with van der Waals surface area (Å²) in [6, 6.07) is 10.8. The zero-order chi connectivity index (χ0) is 9.80. The molecule has 0 atom stereocenters. The molecule has 1 nitrogen and oxygen atoms in total. The molecule has 0 aliphatic carbocycles. The van der Waals surface area contributed by atoms with E-state index in [2.05, 4.69) is 49.1 Å². The van der Waals surface area contributed by atoms with Gasteiger partial charge in [0, 0.05) is 23.0 Å². The van der Waals surface area contributed by atoms with Crippen LogP contribution in [-0.4, -0.2) is 25.4 Å². The summed E-state index contributed by atoms with van der Waals surface area (Å²) in [5, 5.41) is 0.848. The van der Waals surface area contributed by atoms with Crippen molar-refractivity contribution in [2.45, 2.75) is 23.0 Å². The van der Waals surface area contributed by atoms with Crippen molar-refractivity contribution in [3.63, 3.8) is 0 Å². The molecule has 0 unspecified atom stereocenters. The summed E-state index contributed by atoms with van der Waals surface area (Å²) in [6.45, 7) is 2.68. The van der Waals surface area contributed by atoms with E-state index < -0.39 is 0 Å². The maximum absolute atomic E-state index is 2.30. The number of quaternary nitrogens is 1. The second-order valence-electron chi connectivity index (χ2n) is 4.09. The highest BCUT2D eigenvalue weighted by atomic mass is 35.5. The molecule has 84 valence electrons. The third-order valence-electron chi connectivity index (χ3n) is 2.83. The first-order chi connectivity index (χ1) is 6.84. The smallest absolute Gasteiger partial charge is 0.0779 e. The number of piperidine rings is 1. The predicted octanol–water partition coefficient (Wildman–Crippen LogP) is -1.54. The fraction of sp³-hybridized carbons (Fsp3) is 0.500. The molecule has 15 heavy (non-hydrogen) atoms. The van der Waals surface area contributed by atoms with Crippen LogP contribution in [0, 0.1) is 0 Å². The number of hydrogen-bond acceptors (Lipinski definition) is 1. The molecule has 0 spiro atoms. The number of likely N-dealkylation sites (tertiary alicyclic amines) is 1. The van der Waals surface area contributed by atoms with E-state index in [1.165, 1.54) is 30.8 Å². The molecule has 1 aromatic carbocycles. The molecular formula is C12H18ClNS. The van der Waals surface area contributed by atoms with Crippen LogP contribution in [0.25, 0.3) is 0 Å². The van der Waals surface area contributed by atoms with Crippen LogP contribution < -0.4 is 17.3 Å². The van der Waals surface area contributed by atoms with Crippen molar-refractivity contribution in [2.75, 3.05) is 20.1 Å². The van der Waals surface area contributed by atoms with Crippen LogP contribution in [0.3, 0.4) is 0 Å². The van der Waals surface area contributed by atoms with Crippen LogP contribution in [0.5, 0.6) is 0 Å². The molecule has 1 saturated heterocycles. The lowest BCUT2D eigenvalue weighted by Gasteiger charge is -2.25. The molecule has 0 amide bonds. The highest BCUT2D eigenvalue weighted by Crippen LogP contribution is 2.27. The van der Waals surface area contributed by atoms with Crippen molar-refractivity contribution in [3.8, 4) is 0 Å². The number of nitrogens with one attached hydrogen (secondary N) is 1. The zero-order valence-electron chi connectivity index (χ0n) is 9.08. The lowest BCUT2D eigenvalue weighted by Crippen LogP contribution is -3.10. The maximum atomic E-state index is 2.30. The first-order valence-corrected chi connectivity index (χ1v) is 6.25. The summed E-state index contributed by atoms with van der Waals surface area (Å²) in [5.74, 6) is 0. The standard InChI is InChI=1S/C12H17NS.ClH/c1-13-9-7-12(8-10-13)14-11-5-3-2-4-6-11;/h2-6,12H,7-10H2,1H3;1H. The normalized spacial score (nSPS) is 25.7. The second kappa shape index (κ2) is 6.41. The summed E-state index contributed by atoms with van der Waals surface area (Å²) in [4.78, 5) is 3.12.